The first-order valence-electron chi connectivity index (χ1n) is 17.7. The standard InChI is InChI=1S/C39H54N3O7S/c1-28(2)42(39(43)29(3)32-14-8-11-17-37(32)50(42,44)45)33-15-9-10-16-34(33)49-25-13-12-21-41-23-19-31(20-24-41)40(4)22-18-30-26-35(46-5)38(48-7)36(27-30)47-6/h8-11,14-17,26-29,31H,12-13,18-25H2,1-7H3/q+1. The number of carbonyl (C=O) groups is 1. The van der Waals surface area contributed by atoms with Crippen LogP contribution in [0.3, 0.4) is 0 Å². The SMILES string of the molecule is COc1cc(CCN(C)C2CCN(CCCCOc3ccccc3[N+]3(C(C)C)C(=O)C(C)c4ccccc4S3(=O)=O)CC2)cc(OC)c1OC. The van der Waals surface area contributed by atoms with E-state index in [4.69, 9.17) is 18.9 Å². The monoisotopic (exact) mass is 708 g/mol. The smallest absolute Gasteiger partial charge is 0.341 e. The van der Waals surface area contributed by atoms with Crippen LogP contribution in [0.1, 0.15) is 63.5 Å². The maximum Gasteiger partial charge on any atom is 0.341 e. The number of sulfonamides is 1. The van der Waals surface area contributed by atoms with Gasteiger partial charge in [-0.3, -0.25) is 0 Å². The molecular weight excluding hydrogens is 655 g/mol. The van der Waals surface area contributed by atoms with Gasteiger partial charge in [0.1, 0.15) is 10.9 Å². The van der Waals surface area contributed by atoms with Crippen LogP contribution < -0.4 is 22.8 Å². The molecule has 3 aromatic carbocycles. The predicted octanol–water partition coefficient (Wildman–Crippen LogP) is 6.26. The van der Waals surface area contributed by atoms with Gasteiger partial charge in [-0.05, 0) is 115 Å². The van der Waals surface area contributed by atoms with E-state index in [1.807, 2.05) is 18.2 Å². The van der Waals surface area contributed by atoms with Gasteiger partial charge < -0.3 is 28.7 Å². The molecule has 0 saturated carbocycles. The summed E-state index contributed by atoms with van der Waals surface area (Å²) in [5, 5.41) is 0. The number of ether oxygens (including phenoxy) is 4. The molecule has 1 fully saturated rings. The number of piperidine rings is 1. The van der Waals surface area contributed by atoms with Crippen LogP contribution in [0.25, 0.3) is 0 Å². The molecular formula is C39H54N3O7S+. The van der Waals surface area contributed by atoms with Crippen LogP contribution >= 0.6 is 0 Å². The molecule has 2 unspecified atom stereocenters. The van der Waals surface area contributed by atoms with E-state index in [-0.39, 0.29) is 10.8 Å². The molecule has 0 aromatic heterocycles. The normalized spacial score (nSPS) is 20.9. The van der Waals surface area contributed by atoms with Gasteiger partial charge in [-0.15, -0.1) is 3.89 Å². The molecule has 0 bridgehead atoms. The van der Waals surface area contributed by atoms with Gasteiger partial charge in [0.15, 0.2) is 22.9 Å². The van der Waals surface area contributed by atoms with Gasteiger partial charge in [0.25, 0.3) is 0 Å². The first-order chi connectivity index (χ1) is 24.0. The lowest BCUT2D eigenvalue weighted by Crippen LogP contribution is -2.65. The Kier molecular flexibility index (Phi) is 12.1. The minimum absolute atomic E-state index is 0.212. The van der Waals surface area contributed by atoms with Crippen molar-refractivity contribution in [1.29, 1.82) is 0 Å². The molecule has 0 radical (unpaired) electrons. The Morgan fingerprint density at radius 3 is 2.18 bits per heavy atom. The number of likely N-dealkylation sites (N-methyl/N-ethyl adjacent to an activating group) is 1. The third-order valence-electron chi connectivity index (χ3n) is 10.5. The third-order valence-corrected chi connectivity index (χ3v) is 13.0. The third kappa shape index (κ3) is 7.10. The lowest BCUT2D eigenvalue weighted by Gasteiger charge is -2.42. The maximum atomic E-state index is 14.3. The van der Waals surface area contributed by atoms with Crippen molar-refractivity contribution in [3.05, 3.63) is 71.8 Å². The number of nitrogens with zero attached hydrogens (tertiary/aromatic N) is 3. The summed E-state index contributed by atoms with van der Waals surface area (Å²) in [5.41, 5.74) is 2.08. The number of methoxy groups -OCH3 is 3. The molecule has 5 rings (SSSR count). The summed E-state index contributed by atoms with van der Waals surface area (Å²) in [6.07, 6.45) is 4.92. The molecule has 0 spiro atoms. The first-order valence-corrected chi connectivity index (χ1v) is 19.2. The van der Waals surface area contributed by atoms with E-state index in [9.17, 15) is 13.2 Å². The molecule has 2 aliphatic rings. The minimum atomic E-state index is -4.11. The zero-order valence-electron chi connectivity index (χ0n) is 30.7. The maximum absolute atomic E-state index is 14.3. The zero-order valence-corrected chi connectivity index (χ0v) is 31.5. The Bertz CT molecular complexity index is 1710. The van der Waals surface area contributed by atoms with Crippen LogP contribution in [-0.4, -0.2) is 97.4 Å². The average Bonchev–Trinajstić information content (AvgIpc) is 3.13. The Labute approximate surface area is 298 Å². The molecule has 2 heterocycles. The summed E-state index contributed by atoms with van der Waals surface area (Å²) in [6, 6.07) is 18.0. The molecule has 2 atom stereocenters. The number of carbonyl (C=O) groups excluding carboxylic acids is 1. The van der Waals surface area contributed by atoms with E-state index in [0.29, 0.717) is 46.9 Å². The van der Waals surface area contributed by atoms with Gasteiger partial charge in [-0.2, -0.15) is 8.42 Å². The first kappa shape index (κ1) is 37.6. The second kappa shape index (κ2) is 16.1. The van der Waals surface area contributed by atoms with Crippen molar-refractivity contribution in [2.75, 3.05) is 61.2 Å². The number of likely N-dealkylation sites (tertiary alicyclic amines) is 1. The molecule has 0 N–H and O–H groups in total. The number of amides is 1. The fourth-order valence-corrected chi connectivity index (χ4v) is 10.1. The van der Waals surface area contributed by atoms with Crippen LogP contribution in [-0.2, 0) is 21.2 Å². The highest BCUT2D eigenvalue weighted by Crippen LogP contribution is 2.48. The van der Waals surface area contributed by atoms with Crippen LogP contribution in [0.5, 0.6) is 23.0 Å². The Hall–Kier alpha value is -3.64. The molecule has 1 saturated heterocycles. The van der Waals surface area contributed by atoms with Gasteiger partial charge in [0, 0.05) is 18.7 Å². The van der Waals surface area contributed by atoms with Gasteiger partial charge in [0.05, 0.1) is 33.9 Å². The predicted molar refractivity (Wildman–Crippen MR) is 197 cm³/mol. The number of hydrogen-bond acceptors (Lipinski definition) is 9. The number of rotatable bonds is 15. The van der Waals surface area contributed by atoms with Crippen molar-refractivity contribution in [1.82, 2.24) is 13.7 Å². The number of unbranched alkanes of at least 4 members (excludes halogenated alkanes) is 1. The van der Waals surface area contributed by atoms with Crippen LogP contribution in [0.15, 0.2) is 65.6 Å². The second-order valence-corrected chi connectivity index (χ2v) is 15.7. The Morgan fingerprint density at radius 1 is 0.900 bits per heavy atom. The van der Waals surface area contributed by atoms with Crippen LogP contribution in [0, 0.1) is 0 Å². The molecule has 11 heteroatoms. The fraction of sp³-hybridized carbons (Fsp3) is 0.513. The summed E-state index contributed by atoms with van der Waals surface area (Å²) in [6.45, 7) is 9.86. The highest BCUT2D eigenvalue weighted by atomic mass is 32.2. The topological polar surface area (TPSA) is 94.6 Å². The van der Waals surface area contributed by atoms with Gasteiger partial charge in [0.2, 0.25) is 5.75 Å². The van der Waals surface area contributed by atoms with E-state index in [0.717, 1.165) is 63.8 Å². The summed E-state index contributed by atoms with van der Waals surface area (Å²) in [7, 11) is 3.01. The van der Waals surface area contributed by atoms with Crippen LogP contribution in [0.4, 0.5) is 5.69 Å². The van der Waals surface area contributed by atoms with Crippen molar-refractivity contribution in [2.24, 2.45) is 0 Å². The number of hydrogen-bond donors (Lipinski definition) is 0. The van der Waals surface area contributed by atoms with E-state index in [1.165, 1.54) is 0 Å². The minimum Gasteiger partial charge on any atom is -0.493 e. The summed E-state index contributed by atoms with van der Waals surface area (Å²) in [4.78, 5) is 19.3. The highest BCUT2D eigenvalue weighted by Gasteiger charge is 2.61. The molecule has 10 nitrogen and oxygen atoms in total. The fourth-order valence-electron chi connectivity index (χ4n) is 7.65. The second-order valence-electron chi connectivity index (χ2n) is 13.7. The van der Waals surface area contributed by atoms with E-state index in [2.05, 4.69) is 16.8 Å². The van der Waals surface area contributed by atoms with Crippen molar-refractivity contribution in [3.8, 4) is 23.0 Å². The zero-order chi connectivity index (χ0) is 36.1. The summed E-state index contributed by atoms with van der Waals surface area (Å²) >= 11 is 0. The average molecular weight is 709 g/mol. The lowest BCUT2D eigenvalue weighted by atomic mass is 9.98. The van der Waals surface area contributed by atoms with Gasteiger partial charge in [-0.1, -0.05) is 30.3 Å². The molecule has 1 amide bonds. The number of fused-ring (bicyclic) bond motifs is 1. The molecule has 0 aliphatic carbocycles. The lowest BCUT2D eigenvalue weighted by molar-refractivity contribution is -0.128. The largest absolute Gasteiger partial charge is 0.493 e. The van der Waals surface area contributed by atoms with E-state index >= 15 is 0 Å². The van der Waals surface area contributed by atoms with E-state index in [1.54, 1.807) is 84.6 Å². The highest BCUT2D eigenvalue weighted by molar-refractivity contribution is 7.91. The number of quaternary nitrogens is 1. The van der Waals surface area contributed by atoms with Crippen molar-refractivity contribution >= 4 is 21.6 Å². The number of para-hydroxylation sites is 2. The summed E-state index contributed by atoms with van der Waals surface area (Å²) in [5.74, 6) is 1.49. The summed E-state index contributed by atoms with van der Waals surface area (Å²) < 4.78 is 50.7. The van der Waals surface area contributed by atoms with Gasteiger partial charge >= 0.3 is 15.9 Å². The molecule has 50 heavy (non-hydrogen) atoms. The van der Waals surface area contributed by atoms with Crippen molar-refractivity contribution in [3.63, 3.8) is 0 Å². The van der Waals surface area contributed by atoms with E-state index < -0.39 is 25.9 Å². The van der Waals surface area contributed by atoms with Crippen LogP contribution in [0.2, 0.25) is 0 Å². The van der Waals surface area contributed by atoms with Crippen molar-refractivity contribution in [2.45, 2.75) is 75.8 Å². The quantitative estimate of drug-likeness (QED) is 0.134. The molecule has 272 valence electrons. The van der Waals surface area contributed by atoms with Crippen molar-refractivity contribution < 1.29 is 32.2 Å². The molecule has 3 aromatic rings. The number of benzene rings is 3. The Balaban J connectivity index is 1.13. The molecule has 2 aliphatic heterocycles. The Morgan fingerprint density at radius 2 is 1.54 bits per heavy atom. The van der Waals surface area contributed by atoms with Gasteiger partial charge in [-0.25, -0.2) is 4.79 Å².